The lowest BCUT2D eigenvalue weighted by atomic mass is 10.1. The van der Waals surface area contributed by atoms with Crippen LogP contribution >= 0.6 is 9.24 Å². The van der Waals surface area contributed by atoms with Crippen molar-refractivity contribution < 1.29 is 19.7 Å². The second kappa shape index (κ2) is 5.85. The molecule has 2 aromatic heterocycles. The molecule has 1 aliphatic rings. The number of ketones is 1. The van der Waals surface area contributed by atoms with Crippen molar-refractivity contribution in [2.45, 2.75) is 31.0 Å². The van der Waals surface area contributed by atoms with Gasteiger partial charge in [-0.2, -0.15) is 0 Å². The highest BCUT2D eigenvalue weighted by Crippen LogP contribution is 2.33. The standard InChI is InChI=1S/C12H16N5O4P/c13-10-7-11(15-3-14-10)17(4-16-7)12-9(20)8(19)6(21-12)1-5(18)2-22/h3-4,6,8-9,12,19-20H,1-2,22H2,(H2,13,14,15)/t6-,8?,9?,12-/m1/s1. The summed E-state index contributed by atoms with van der Waals surface area (Å²) >= 11 is 0. The van der Waals surface area contributed by atoms with E-state index in [-0.39, 0.29) is 24.2 Å². The van der Waals surface area contributed by atoms with E-state index in [1.54, 1.807) is 0 Å². The molecular formula is C12H16N5O4P. The fraction of sp³-hybridized carbons (Fsp3) is 0.500. The summed E-state index contributed by atoms with van der Waals surface area (Å²) in [4.78, 5) is 23.5. The Labute approximate surface area is 127 Å². The van der Waals surface area contributed by atoms with Crippen LogP contribution in [0.25, 0.3) is 11.2 Å². The smallest absolute Gasteiger partial charge is 0.167 e. The summed E-state index contributed by atoms with van der Waals surface area (Å²) in [7, 11) is 2.32. The number of nitrogen functional groups attached to an aromatic ring is 1. The third-order valence-corrected chi connectivity index (χ3v) is 4.11. The van der Waals surface area contributed by atoms with Crippen molar-refractivity contribution in [2.75, 3.05) is 11.9 Å². The lowest BCUT2D eigenvalue weighted by Gasteiger charge is -2.16. The molecule has 118 valence electrons. The lowest BCUT2D eigenvalue weighted by molar-refractivity contribution is -0.121. The molecule has 4 N–H and O–H groups in total. The second-order valence-corrected chi connectivity index (χ2v) is 5.48. The molecule has 1 fully saturated rings. The van der Waals surface area contributed by atoms with Crippen molar-refractivity contribution >= 4 is 32.0 Å². The number of Topliss-reactive ketones (excluding diaryl/α,β-unsaturated/α-hetero) is 1. The number of rotatable bonds is 4. The monoisotopic (exact) mass is 325 g/mol. The summed E-state index contributed by atoms with van der Waals surface area (Å²) in [5.41, 5.74) is 6.49. The molecule has 22 heavy (non-hydrogen) atoms. The van der Waals surface area contributed by atoms with E-state index in [0.29, 0.717) is 11.2 Å². The van der Waals surface area contributed by atoms with Gasteiger partial charge in [-0.1, -0.05) is 0 Å². The van der Waals surface area contributed by atoms with Crippen molar-refractivity contribution in [3.8, 4) is 0 Å². The molecule has 10 heteroatoms. The van der Waals surface area contributed by atoms with E-state index in [1.807, 2.05) is 0 Å². The molecule has 3 unspecified atom stereocenters. The minimum Gasteiger partial charge on any atom is -0.388 e. The molecule has 0 aliphatic carbocycles. The maximum atomic E-state index is 11.5. The fourth-order valence-corrected chi connectivity index (χ4v) is 2.66. The van der Waals surface area contributed by atoms with Crippen molar-refractivity contribution in [3.63, 3.8) is 0 Å². The van der Waals surface area contributed by atoms with Crippen LogP contribution in [0, 0.1) is 0 Å². The zero-order valence-electron chi connectivity index (χ0n) is 11.5. The lowest BCUT2D eigenvalue weighted by Crippen LogP contribution is -2.32. The molecule has 0 saturated carbocycles. The minimum atomic E-state index is -1.20. The molecule has 0 spiro atoms. The Hall–Kier alpha value is -1.67. The zero-order chi connectivity index (χ0) is 15.9. The van der Waals surface area contributed by atoms with Gasteiger partial charge in [-0.25, -0.2) is 15.0 Å². The van der Waals surface area contributed by atoms with Gasteiger partial charge in [0.1, 0.15) is 29.8 Å². The molecule has 0 radical (unpaired) electrons. The van der Waals surface area contributed by atoms with Gasteiger partial charge in [0, 0.05) is 12.6 Å². The normalized spacial score (nSPS) is 28.3. The van der Waals surface area contributed by atoms with Gasteiger partial charge in [0.15, 0.2) is 17.7 Å². The predicted molar refractivity (Wildman–Crippen MR) is 79.9 cm³/mol. The van der Waals surface area contributed by atoms with E-state index < -0.39 is 24.5 Å². The number of fused-ring (bicyclic) bond motifs is 1. The zero-order valence-corrected chi connectivity index (χ0v) is 12.7. The van der Waals surface area contributed by atoms with Crippen LogP contribution in [0.1, 0.15) is 12.6 Å². The maximum Gasteiger partial charge on any atom is 0.167 e. The SMILES string of the molecule is Nc1ncnc2c1ncn2[C@@H]1O[C@H](CC(=O)CP)C(O)C1O. The number of nitrogens with two attached hydrogens (primary N) is 1. The topological polar surface area (TPSA) is 136 Å². The molecular weight excluding hydrogens is 309 g/mol. The maximum absolute atomic E-state index is 11.5. The number of ether oxygens (including phenoxy) is 1. The summed E-state index contributed by atoms with van der Waals surface area (Å²) < 4.78 is 7.12. The Morgan fingerprint density at radius 1 is 1.36 bits per heavy atom. The first-order valence-corrected chi connectivity index (χ1v) is 7.51. The van der Waals surface area contributed by atoms with E-state index in [4.69, 9.17) is 10.5 Å². The fourth-order valence-electron chi connectivity index (χ4n) is 2.49. The molecule has 3 rings (SSSR count). The van der Waals surface area contributed by atoms with Gasteiger partial charge < -0.3 is 20.7 Å². The number of aliphatic hydroxyl groups excluding tert-OH is 2. The number of aliphatic hydroxyl groups is 2. The molecule has 2 aromatic rings. The third kappa shape index (κ3) is 2.46. The van der Waals surface area contributed by atoms with Crippen molar-refractivity contribution in [1.82, 2.24) is 19.5 Å². The summed E-state index contributed by atoms with van der Waals surface area (Å²) in [5.74, 6) is 0.135. The molecule has 0 bridgehead atoms. The van der Waals surface area contributed by atoms with E-state index in [9.17, 15) is 15.0 Å². The van der Waals surface area contributed by atoms with Gasteiger partial charge in [0.2, 0.25) is 0 Å². The van der Waals surface area contributed by atoms with Gasteiger partial charge in [0.05, 0.1) is 12.4 Å². The average molecular weight is 325 g/mol. The van der Waals surface area contributed by atoms with Crippen LogP contribution in [-0.4, -0.2) is 60.0 Å². The van der Waals surface area contributed by atoms with Gasteiger partial charge in [0.25, 0.3) is 0 Å². The molecule has 5 atom stereocenters. The highest BCUT2D eigenvalue weighted by Gasteiger charge is 2.44. The second-order valence-electron chi connectivity index (χ2n) is 5.08. The Balaban J connectivity index is 1.91. The number of carbonyl (C=O) groups excluding carboxylic acids is 1. The molecule has 3 heterocycles. The number of carbonyl (C=O) groups is 1. The number of aromatic nitrogens is 4. The summed E-state index contributed by atoms with van der Waals surface area (Å²) in [6.45, 7) is 0. The largest absolute Gasteiger partial charge is 0.388 e. The first-order valence-electron chi connectivity index (χ1n) is 6.69. The molecule has 1 saturated heterocycles. The molecule has 0 aromatic carbocycles. The average Bonchev–Trinajstić information content (AvgIpc) is 3.05. The quantitative estimate of drug-likeness (QED) is 0.600. The number of imidazole rings is 1. The number of hydrogen-bond donors (Lipinski definition) is 3. The van der Waals surface area contributed by atoms with Crippen LogP contribution in [0.2, 0.25) is 0 Å². The third-order valence-electron chi connectivity index (χ3n) is 3.65. The van der Waals surface area contributed by atoms with Gasteiger partial charge in [-0.05, 0) is 0 Å². The Morgan fingerprint density at radius 2 is 2.14 bits per heavy atom. The number of nitrogens with zero attached hydrogens (tertiary/aromatic N) is 4. The van der Waals surface area contributed by atoms with E-state index in [2.05, 4.69) is 24.2 Å². The van der Waals surface area contributed by atoms with Crippen LogP contribution in [0.3, 0.4) is 0 Å². The van der Waals surface area contributed by atoms with E-state index >= 15 is 0 Å². The van der Waals surface area contributed by atoms with E-state index in [1.165, 1.54) is 17.2 Å². The van der Waals surface area contributed by atoms with Crippen LogP contribution in [-0.2, 0) is 9.53 Å². The number of hydrogen-bond acceptors (Lipinski definition) is 8. The summed E-state index contributed by atoms with van der Waals surface area (Å²) in [6.07, 6.45) is -1.04. The molecule has 0 amide bonds. The first-order chi connectivity index (χ1) is 10.5. The van der Waals surface area contributed by atoms with Crippen LogP contribution in [0.4, 0.5) is 5.82 Å². The summed E-state index contributed by atoms with van der Waals surface area (Å²) in [6, 6.07) is 0. The Kier molecular flexibility index (Phi) is 4.05. The van der Waals surface area contributed by atoms with Gasteiger partial charge >= 0.3 is 0 Å². The van der Waals surface area contributed by atoms with Crippen molar-refractivity contribution in [2.24, 2.45) is 0 Å². The highest BCUT2D eigenvalue weighted by molar-refractivity contribution is 7.18. The first kappa shape index (κ1) is 15.2. The van der Waals surface area contributed by atoms with Crippen LogP contribution < -0.4 is 5.73 Å². The minimum absolute atomic E-state index is 0.0297. The number of anilines is 1. The van der Waals surface area contributed by atoms with E-state index in [0.717, 1.165) is 0 Å². The van der Waals surface area contributed by atoms with Crippen LogP contribution in [0.5, 0.6) is 0 Å². The Morgan fingerprint density at radius 3 is 2.86 bits per heavy atom. The van der Waals surface area contributed by atoms with Crippen molar-refractivity contribution in [3.05, 3.63) is 12.7 Å². The predicted octanol–water partition coefficient (Wildman–Crippen LogP) is -1.14. The molecule has 1 aliphatic heterocycles. The Bertz CT molecular complexity index is 708. The van der Waals surface area contributed by atoms with Crippen molar-refractivity contribution in [1.29, 1.82) is 0 Å². The summed E-state index contributed by atoms with van der Waals surface area (Å²) in [5, 5.41) is 20.3. The van der Waals surface area contributed by atoms with Gasteiger partial charge in [-0.3, -0.25) is 9.36 Å². The van der Waals surface area contributed by atoms with Crippen LogP contribution in [0.15, 0.2) is 12.7 Å². The highest BCUT2D eigenvalue weighted by atomic mass is 31.0. The molecule has 9 nitrogen and oxygen atoms in total. The van der Waals surface area contributed by atoms with Gasteiger partial charge in [-0.15, -0.1) is 9.24 Å².